The van der Waals surface area contributed by atoms with Crippen LogP contribution in [0.3, 0.4) is 0 Å². The van der Waals surface area contributed by atoms with Crippen LogP contribution in [-0.2, 0) is 6.54 Å². The summed E-state index contributed by atoms with van der Waals surface area (Å²) in [5, 5.41) is 3.81. The molecule has 0 aromatic heterocycles. The summed E-state index contributed by atoms with van der Waals surface area (Å²) in [4.78, 5) is 0. The lowest BCUT2D eigenvalue weighted by Gasteiger charge is -2.18. The molecule has 0 saturated heterocycles. The Morgan fingerprint density at radius 1 is 0.383 bits per heavy atom. The molecule has 278 valence electrons. The maximum Gasteiger partial charge on any atom is 0.0205 e. The zero-order valence-corrected chi connectivity index (χ0v) is 33.1. The first-order valence-electron chi connectivity index (χ1n) is 21.6. The SMILES string of the molecule is CCCCCCCCCCCCCCCCCCC(CCCCCCCCCCCCCCCCCC)CNCc1ccccc1.Cl. The Balaban J connectivity index is 0.0000212. The smallest absolute Gasteiger partial charge is 0.0205 e. The zero-order valence-electron chi connectivity index (χ0n) is 32.3. The number of rotatable bonds is 38. The number of hydrogen-bond acceptors (Lipinski definition) is 1. The summed E-state index contributed by atoms with van der Waals surface area (Å²) in [7, 11) is 0. The van der Waals surface area contributed by atoms with Crippen molar-refractivity contribution in [3.05, 3.63) is 35.9 Å². The molecule has 0 aliphatic rings. The van der Waals surface area contributed by atoms with Gasteiger partial charge in [-0.2, -0.15) is 0 Å². The van der Waals surface area contributed by atoms with Gasteiger partial charge in [-0.1, -0.05) is 250 Å². The van der Waals surface area contributed by atoms with Crippen LogP contribution in [0.4, 0.5) is 0 Å². The number of benzene rings is 1. The van der Waals surface area contributed by atoms with Crippen LogP contribution in [0.2, 0.25) is 0 Å². The fraction of sp³-hybridized carbons (Fsp3) is 0.867. The van der Waals surface area contributed by atoms with Crippen molar-refractivity contribution in [3.63, 3.8) is 0 Å². The molecule has 1 N–H and O–H groups in total. The third-order valence-corrected chi connectivity index (χ3v) is 10.5. The lowest BCUT2D eigenvalue weighted by atomic mass is 9.93. The van der Waals surface area contributed by atoms with Gasteiger partial charge >= 0.3 is 0 Å². The number of unbranched alkanes of at least 4 members (excludes halogenated alkanes) is 30. The standard InChI is InChI=1S/C45H85N.ClH/c1-3-5-7-9-11-13-15-17-19-21-23-25-27-29-31-34-38-44(42-46-43-45-40-36-33-37-41-45)39-35-32-30-28-26-24-22-20-18-16-14-12-10-8-6-4-2;/h33,36-37,40-41,44,46H,3-32,34-35,38-39,42-43H2,1-2H3;1H. The fourth-order valence-electron chi connectivity index (χ4n) is 7.33. The van der Waals surface area contributed by atoms with E-state index in [0.29, 0.717) is 0 Å². The van der Waals surface area contributed by atoms with Gasteiger partial charge in [0, 0.05) is 6.54 Å². The van der Waals surface area contributed by atoms with Gasteiger partial charge in [0.25, 0.3) is 0 Å². The van der Waals surface area contributed by atoms with Crippen molar-refractivity contribution in [3.8, 4) is 0 Å². The molecule has 0 unspecified atom stereocenters. The average molecular weight is 677 g/mol. The molecule has 1 rings (SSSR count). The summed E-state index contributed by atoms with van der Waals surface area (Å²) in [5.41, 5.74) is 1.42. The maximum atomic E-state index is 3.81. The van der Waals surface area contributed by atoms with Crippen LogP contribution in [0.5, 0.6) is 0 Å². The van der Waals surface area contributed by atoms with E-state index in [4.69, 9.17) is 0 Å². The third kappa shape index (κ3) is 35.1. The normalized spacial score (nSPS) is 11.4. The van der Waals surface area contributed by atoms with Crippen LogP contribution in [-0.4, -0.2) is 6.54 Å². The molecule has 47 heavy (non-hydrogen) atoms. The molecule has 1 aromatic rings. The van der Waals surface area contributed by atoms with E-state index < -0.39 is 0 Å². The topological polar surface area (TPSA) is 12.0 Å². The van der Waals surface area contributed by atoms with Crippen LogP contribution >= 0.6 is 12.4 Å². The van der Waals surface area contributed by atoms with Gasteiger partial charge in [0.2, 0.25) is 0 Å². The fourth-order valence-corrected chi connectivity index (χ4v) is 7.33. The molecule has 0 spiro atoms. The first-order chi connectivity index (χ1) is 22.9. The molecule has 0 atom stereocenters. The summed E-state index contributed by atoms with van der Waals surface area (Å²) in [6.45, 7) is 6.85. The second kappa shape index (κ2) is 39.9. The van der Waals surface area contributed by atoms with Gasteiger partial charge in [-0.05, 0) is 30.9 Å². The monoisotopic (exact) mass is 676 g/mol. The van der Waals surface area contributed by atoms with E-state index in [1.807, 2.05) is 0 Å². The van der Waals surface area contributed by atoms with Crippen molar-refractivity contribution in [2.24, 2.45) is 5.92 Å². The minimum absolute atomic E-state index is 0. The Morgan fingerprint density at radius 3 is 0.957 bits per heavy atom. The van der Waals surface area contributed by atoms with Gasteiger partial charge in [-0.25, -0.2) is 0 Å². The first-order valence-corrected chi connectivity index (χ1v) is 21.6. The van der Waals surface area contributed by atoms with Crippen LogP contribution in [0.1, 0.15) is 238 Å². The molecular formula is C45H86ClN. The van der Waals surface area contributed by atoms with Crippen molar-refractivity contribution in [1.82, 2.24) is 5.32 Å². The Bertz CT molecular complexity index is 640. The highest BCUT2D eigenvalue weighted by Gasteiger charge is 2.09. The molecule has 2 heteroatoms. The van der Waals surface area contributed by atoms with Crippen LogP contribution in [0.15, 0.2) is 30.3 Å². The Labute approximate surface area is 303 Å². The average Bonchev–Trinajstić information content (AvgIpc) is 3.08. The van der Waals surface area contributed by atoms with Gasteiger partial charge in [-0.3, -0.25) is 0 Å². The van der Waals surface area contributed by atoms with E-state index in [0.717, 1.165) is 12.5 Å². The van der Waals surface area contributed by atoms with E-state index in [2.05, 4.69) is 49.5 Å². The summed E-state index contributed by atoms with van der Waals surface area (Å²) in [5.74, 6) is 0.863. The highest BCUT2D eigenvalue weighted by atomic mass is 35.5. The highest BCUT2D eigenvalue weighted by molar-refractivity contribution is 5.85. The minimum Gasteiger partial charge on any atom is -0.312 e. The third-order valence-electron chi connectivity index (χ3n) is 10.5. The zero-order chi connectivity index (χ0) is 32.9. The maximum absolute atomic E-state index is 3.81. The van der Waals surface area contributed by atoms with E-state index in [-0.39, 0.29) is 12.4 Å². The van der Waals surface area contributed by atoms with E-state index >= 15 is 0 Å². The van der Waals surface area contributed by atoms with E-state index in [1.165, 1.54) is 230 Å². The molecule has 0 heterocycles. The molecular weight excluding hydrogens is 590 g/mol. The summed E-state index contributed by atoms with van der Waals surface area (Å²) >= 11 is 0. The van der Waals surface area contributed by atoms with Crippen molar-refractivity contribution < 1.29 is 0 Å². The van der Waals surface area contributed by atoms with Crippen molar-refractivity contribution in [1.29, 1.82) is 0 Å². The van der Waals surface area contributed by atoms with Gasteiger partial charge in [0.05, 0.1) is 0 Å². The van der Waals surface area contributed by atoms with Crippen LogP contribution in [0, 0.1) is 5.92 Å². The predicted molar refractivity (Wildman–Crippen MR) is 217 cm³/mol. The molecule has 0 fully saturated rings. The van der Waals surface area contributed by atoms with Gasteiger partial charge in [-0.15, -0.1) is 12.4 Å². The molecule has 0 aliphatic carbocycles. The quantitative estimate of drug-likeness (QED) is 0.0688. The van der Waals surface area contributed by atoms with Crippen molar-refractivity contribution in [2.45, 2.75) is 239 Å². The highest BCUT2D eigenvalue weighted by Crippen LogP contribution is 2.20. The first kappa shape index (κ1) is 46.5. The molecule has 0 bridgehead atoms. The summed E-state index contributed by atoms with van der Waals surface area (Å²) in [6.07, 6.45) is 49.6. The number of halogens is 1. The van der Waals surface area contributed by atoms with Crippen LogP contribution < -0.4 is 5.32 Å². The largest absolute Gasteiger partial charge is 0.312 e. The molecule has 1 aromatic carbocycles. The predicted octanol–water partition coefficient (Wildman–Crippen LogP) is 16.1. The summed E-state index contributed by atoms with van der Waals surface area (Å²) < 4.78 is 0. The summed E-state index contributed by atoms with van der Waals surface area (Å²) in [6, 6.07) is 11.0. The second-order valence-corrected chi connectivity index (χ2v) is 15.2. The Kier molecular flexibility index (Phi) is 39.5. The van der Waals surface area contributed by atoms with Crippen LogP contribution in [0.25, 0.3) is 0 Å². The Hall–Kier alpha value is -0.530. The number of nitrogens with one attached hydrogen (secondary N) is 1. The van der Waals surface area contributed by atoms with E-state index in [9.17, 15) is 0 Å². The second-order valence-electron chi connectivity index (χ2n) is 15.2. The Morgan fingerprint density at radius 2 is 0.660 bits per heavy atom. The molecule has 0 amide bonds. The molecule has 0 saturated carbocycles. The number of hydrogen-bond donors (Lipinski definition) is 1. The van der Waals surface area contributed by atoms with E-state index in [1.54, 1.807) is 0 Å². The molecule has 0 aliphatic heterocycles. The lowest BCUT2D eigenvalue weighted by Crippen LogP contribution is -2.22. The van der Waals surface area contributed by atoms with Crippen molar-refractivity contribution >= 4 is 12.4 Å². The molecule has 0 radical (unpaired) electrons. The lowest BCUT2D eigenvalue weighted by molar-refractivity contribution is 0.380. The van der Waals surface area contributed by atoms with Gasteiger partial charge in [0.15, 0.2) is 0 Å². The van der Waals surface area contributed by atoms with Gasteiger partial charge < -0.3 is 5.32 Å². The van der Waals surface area contributed by atoms with Crippen molar-refractivity contribution in [2.75, 3.05) is 6.54 Å². The molecule has 1 nitrogen and oxygen atoms in total. The van der Waals surface area contributed by atoms with Gasteiger partial charge in [0.1, 0.15) is 0 Å². The minimum atomic E-state index is 0.